The van der Waals surface area contributed by atoms with E-state index in [0.29, 0.717) is 25.7 Å². The minimum absolute atomic E-state index is 0.105. The van der Waals surface area contributed by atoms with Gasteiger partial charge in [-0.2, -0.15) is 0 Å². The Bertz CT molecular complexity index is 1890. The summed E-state index contributed by atoms with van der Waals surface area (Å²) in [5.41, 5.74) is 0. The van der Waals surface area contributed by atoms with Crippen LogP contribution in [0.5, 0.6) is 0 Å². The van der Waals surface area contributed by atoms with E-state index in [1.165, 1.54) is 193 Å². The van der Waals surface area contributed by atoms with Gasteiger partial charge < -0.3 is 33.8 Å². The van der Waals surface area contributed by atoms with E-state index >= 15 is 0 Å². The van der Waals surface area contributed by atoms with Gasteiger partial charge in [-0.15, -0.1) is 0 Å². The van der Waals surface area contributed by atoms with Crippen LogP contribution in [-0.4, -0.2) is 96.7 Å². The normalized spacial score (nSPS) is 14.4. The molecule has 0 fully saturated rings. The van der Waals surface area contributed by atoms with Crippen LogP contribution < -0.4 is 0 Å². The molecule has 0 aromatic carbocycles. The molecule has 6 atom stereocenters. The van der Waals surface area contributed by atoms with E-state index < -0.39 is 97.5 Å². The largest absolute Gasteiger partial charge is 0.472 e. The molecule has 0 aliphatic carbocycles. The van der Waals surface area contributed by atoms with E-state index in [-0.39, 0.29) is 25.7 Å². The third-order valence-corrected chi connectivity index (χ3v) is 20.1. The van der Waals surface area contributed by atoms with E-state index in [1.54, 1.807) is 0 Å². The van der Waals surface area contributed by atoms with E-state index in [4.69, 9.17) is 37.0 Å². The number of phosphoric acid groups is 2. The number of hydrogen-bond donors (Lipinski definition) is 3. The second-order valence-electron chi connectivity index (χ2n) is 29.4. The van der Waals surface area contributed by atoms with Crippen molar-refractivity contribution in [3.05, 3.63) is 0 Å². The molecular weight excluding hydrogens is 1260 g/mol. The summed E-state index contributed by atoms with van der Waals surface area (Å²) in [6.45, 7) is 14.2. The van der Waals surface area contributed by atoms with Gasteiger partial charge in [-0.05, 0) is 49.4 Å². The third-order valence-electron chi connectivity index (χ3n) is 18.2. The Balaban J connectivity index is 5.26. The summed E-state index contributed by atoms with van der Waals surface area (Å²) in [5, 5.41) is 10.6. The minimum atomic E-state index is -4.96. The van der Waals surface area contributed by atoms with E-state index in [0.717, 1.165) is 114 Å². The topological polar surface area (TPSA) is 237 Å². The van der Waals surface area contributed by atoms with Gasteiger partial charge >= 0.3 is 39.5 Å². The molecule has 0 spiro atoms. The molecule has 0 aliphatic rings. The lowest BCUT2D eigenvalue weighted by Gasteiger charge is -2.21. The van der Waals surface area contributed by atoms with E-state index in [1.807, 2.05) is 0 Å². The second kappa shape index (κ2) is 66.3. The molecular formula is C77H150O17P2. The molecule has 0 radical (unpaired) electrons. The zero-order valence-corrected chi connectivity index (χ0v) is 64.8. The summed E-state index contributed by atoms with van der Waals surface area (Å²) < 4.78 is 68.6. The van der Waals surface area contributed by atoms with E-state index in [2.05, 4.69) is 55.4 Å². The lowest BCUT2D eigenvalue weighted by atomic mass is 9.99. The highest BCUT2D eigenvalue weighted by Gasteiger charge is 2.30. The minimum Gasteiger partial charge on any atom is -0.462 e. The number of phosphoric ester groups is 2. The van der Waals surface area contributed by atoms with Crippen molar-refractivity contribution >= 4 is 39.5 Å². The van der Waals surface area contributed by atoms with Crippen molar-refractivity contribution in [1.82, 2.24) is 0 Å². The van der Waals surface area contributed by atoms with Crippen molar-refractivity contribution in [2.24, 2.45) is 23.7 Å². The van der Waals surface area contributed by atoms with Crippen molar-refractivity contribution < 1.29 is 80.2 Å². The maximum Gasteiger partial charge on any atom is 0.472 e. The summed E-state index contributed by atoms with van der Waals surface area (Å²) in [5.74, 6) is 0.972. The van der Waals surface area contributed by atoms with Crippen molar-refractivity contribution in [2.45, 2.75) is 408 Å². The molecule has 0 aromatic heterocycles. The number of unbranched alkanes of at least 4 members (excludes halogenated alkanes) is 39. The first-order chi connectivity index (χ1) is 46.1. The van der Waals surface area contributed by atoms with Crippen LogP contribution in [0.1, 0.15) is 389 Å². The van der Waals surface area contributed by atoms with Gasteiger partial charge in [0.05, 0.1) is 26.4 Å². The number of rotatable bonds is 74. The van der Waals surface area contributed by atoms with Gasteiger partial charge in [-0.25, -0.2) is 9.13 Å². The Labute approximate surface area is 588 Å². The first-order valence-corrected chi connectivity index (χ1v) is 42.7. The van der Waals surface area contributed by atoms with Gasteiger partial charge in [-0.3, -0.25) is 37.3 Å². The summed E-state index contributed by atoms with van der Waals surface area (Å²) in [6.07, 6.45) is 51.2. The quantitative estimate of drug-likeness (QED) is 0.0222. The number of esters is 4. The van der Waals surface area contributed by atoms with Gasteiger partial charge in [0.1, 0.15) is 19.3 Å². The van der Waals surface area contributed by atoms with Crippen LogP contribution in [0.4, 0.5) is 0 Å². The molecule has 0 saturated heterocycles. The average molecular weight is 1410 g/mol. The number of carbonyl (C=O) groups excluding carboxylic acids is 4. The number of hydrogen-bond acceptors (Lipinski definition) is 15. The van der Waals surface area contributed by atoms with Gasteiger partial charge in [0, 0.05) is 25.7 Å². The van der Waals surface area contributed by atoms with Crippen LogP contribution >= 0.6 is 15.6 Å². The number of carbonyl (C=O) groups is 4. The van der Waals surface area contributed by atoms with Crippen molar-refractivity contribution in [3.63, 3.8) is 0 Å². The van der Waals surface area contributed by atoms with Crippen LogP contribution in [-0.2, 0) is 65.4 Å². The fourth-order valence-corrected chi connectivity index (χ4v) is 13.3. The number of ether oxygens (including phenoxy) is 4. The first kappa shape index (κ1) is 94.1. The lowest BCUT2D eigenvalue weighted by molar-refractivity contribution is -0.161. The highest BCUT2D eigenvalue weighted by molar-refractivity contribution is 7.47. The molecule has 0 bridgehead atoms. The Morgan fingerprint density at radius 2 is 0.500 bits per heavy atom. The lowest BCUT2D eigenvalue weighted by Crippen LogP contribution is -2.30. The summed E-state index contributed by atoms with van der Waals surface area (Å²) in [6, 6.07) is 0. The maximum absolute atomic E-state index is 13.1. The third kappa shape index (κ3) is 69.2. The van der Waals surface area contributed by atoms with Crippen molar-refractivity contribution in [1.29, 1.82) is 0 Å². The molecule has 96 heavy (non-hydrogen) atoms. The monoisotopic (exact) mass is 1410 g/mol. The summed E-state index contributed by atoms with van der Waals surface area (Å²) in [7, 11) is -9.92. The molecule has 3 unspecified atom stereocenters. The fourth-order valence-electron chi connectivity index (χ4n) is 11.7. The Morgan fingerprint density at radius 3 is 0.740 bits per heavy atom. The smallest absolute Gasteiger partial charge is 0.462 e. The Hall–Kier alpha value is -1.94. The Morgan fingerprint density at radius 1 is 0.292 bits per heavy atom. The number of aliphatic hydroxyl groups is 1. The number of aliphatic hydroxyl groups excluding tert-OH is 1. The zero-order chi connectivity index (χ0) is 71.0. The van der Waals surface area contributed by atoms with Gasteiger partial charge in [0.25, 0.3) is 0 Å². The molecule has 19 heteroatoms. The molecule has 0 saturated carbocycles. The molecule has 0 rings (SSSR count). The average Bonchev–Trinajstić information content (AvgIpc) is 1.64. The zero-order valence-electron chi connectivity index (χ0n) is 63.0. The molecule has 0 amide bonds. The maximum atomic E-state index is 13.1. The standard InChI is InChI=1S/C77H150O17P2/c1-9-70(8)56-48-40-32-27-28-34-42-50-58-75(80)88-64-73(94-77(82)60-52-44-36-26-20-18-23-31-39-47-55-69(6)7)66-92-96(85,86)90-62-71(78)61-89-95(83,84)91-65-72(63-87-74(79)57-49-41-33-24-19-17-22-30-38-46-54-68(4)5)93-76(81)59-51-43-35-25-16-14-12-10-11-13-15-21-29-37-45-53-67(2)3/h67-73,78H,9-66H2,1-8H3,(H,83,84)(H,85,86)/t70?,71-,72-,73-/m1/s1. The molecule has 0 aromatic rings. The SMILES string of the molecule is CCC(C)CCCCCCCCCCC(=O)OC[C@H](COP(=O)(O)OC[C@H](O)COP(=O)(O)OC[C@@H](COC(=O)CCCCCCCCCCCCC(C)C)OC(=O)CCCCCCCCCCCCCCCCCC(C)C)OC(=O)CCCCCCCCCCCCC(C)C. The fraction of sp³-hybridized carbons (Fsp3) is 0.948. The predicted octanol–water partition coefficient (Wildman–Crippen LogP) is 22.4. The summed E-state index contributed by atoms with van der Waals surface area (Å²) in [4.78, 5) is 72.9. The predicted molar refractivity (Wildman–Crippen MR) is 391 cm³/mol. The Kier molecular flexibility index (Phi) is 65.0. The van der Waals surface area contributed by atoms with Crippen LogP contribution in [0.15, 0.2) is 0 Å². The molecule has 3 N–H and O–H groups in total. The highest BCUT2D eigenvalue weighted by Crippen LogP contribution is 2.45. The molecule has 570 valence electrons. The van der Waals surface area contributed by atoms with Gasteiger partial charge in [0.2, 0.25) is 0 Å². The van der Waals surface area contributed by atoms with Crippen LogP contribution in [0.25, 0.3) is 0 Å². The summed E-state index contributed by atoms with van der Waals surface area (Å²) >= 11 is 0. The second-order valence-corrected chi connectivity index (χ2v) is 32.3. The van der Waals surface area contributed by atoms with E-state index in [9.17, 15) is 43.2 Å². The first-order valence-electron chi connectivity index (χ1n) is 39.7. The van der Waals surface area contributed by atoms with Crippen LogP contribution in [0.2, 0.25) is 0 Å². The molecule has 0 aliphatic heterocycles. The highest BCUT2D eigenvalue weighted by atomic mass is 31.2. The molecule has 0 heterocycles. The van der Waals surface area contributed by atoms with Crippen LogP contribution in [0.3, 0.4) is 0 Å². The van der Waals surface area contributed by atoms with Crippen molar-refractivity contribution in [2.75, 3.05) is 39.6 Å². The molecule has 17 nitrogen and oxygen atoms in total. The van der Waals surface area contributed by atoms with Gasteiger partial charge in [-0.1, -0.05) is 338 Å². The van der Waals surface area contributed by atoms with Crippen molar-refractivity contribution in [3.8, 4) is 0 Å². The van der Waals surface area contributed by atoms with Gasteiger partial charge in [0.15, 0.2) is 12.2 Å². The van der Waals surface area contributed by atoms with Crippen LogP contribution in [0, 0.1) is 23.7 Å².